The third-order valence-corrected chi connectivity index (χ3v) is 2.95. The van der Waals surface area contributed by atoms with E-state index in [1.807, 2.05) is 18.9 Å². The molecule has 0 saturated carbocycles. The molecule has 0 fully saturated rings. The fourth-order valence-electron chi connectivity index (χ4n) is 0.882. The van der Waals surface area contributed by atoms with Gasteiger partial charge >= 0.3 is 0 Å². The minimum Gasteiger partial charge on any atom is -0.348 e. The molecular weight excluding hydrogens is 252 g/mol. The smallest absolute Gasteiger partial charge is 0.208 e. The zero-order valence-electron chi connectivity index (χ0n) is 7.36. The number of halogens is 1. The molecule has 1 rings (SSSR count). The Kier molecular flexibility index (Phi) is 3.63. The van der Waals surface area contributed by atoms with Crippen molar-refractivity contribution >= 4 is 32.4 Å². The molecule has 0 saturated heterocycles. The zero-order chi connectivity index (χ0) is 9.84. The quantitative estimate of drug-likeness (QED) is 0.833. The Morgan fingerprint density at radius 3 is 2.85 bits per heavy atom. The van der Waals surface area contributed by atoms with Gasteiger partial charge in [-0.3, -0.25) is 0 Å². The first kappa shape index (κ1) is 10.4. The number of nitrogens with zero attached hydrogens (tertiary/aromatic N) is 4. The van der Waals surface area contributed by atoms with E-state index in [2.05, 4.69) is 32.2 Å². The van der Waals surface area contributed by atoms with E-state index in [1.165, 1.54) is 11.3 Å². The lowest BCUT2D eigenvalue weighted by molar-refractivity contribution is 0.712. The van der Waals surface area contributed by atoms with Crippen LogP contribution in [0.1, 0.15) is 6.92 Å². The third-order valence-electron chi connectivity index (χ3n) is 1.48. The van der Waals surface area contributed by atoms with Crippen LogP contribution in [0.3, 0.4) is 0 Å². The molecule has 13 heavy (non-hydrogen) atoms. The van der Waals surface area contributed by atoms with Crippen LogP contribution >= 0.6 is 27.3 Å². The molecule has 70 valence electrons. The van der Waals surface area contributed by atoms with Crippen molar-refractivity contribution in [2.24, 2.45) is 5.92 Å². The molecule has 0 aliphatic heterocycles. The SMILES string of the molecule is CC(C#N)CN(C)c1nnc(Br)s1. The summed E-state index contributed by atoms with van der Waals surface area (Å²) in [5, 5.41) is 17.2. The van der Waals surface area contributed by atoms with Crippen molar-refractivity contribution in [3.8, 4) is 6.07 Å². The van der Waals surface area contributed by atoms with E-state index in [0.29, 0.717) is 6.54 Å². The van der Waals surface area contributed by atoms with Gasteiger partial charge < -0.3 is 4.90 Å². The highest BCUT2D eigenvalue weighted by Crippen LogP contribution is 2.23. The van der Waals surface area contributed by atoms with Gasteiger partial charge in [-0.15, -0.1) is 10.2 Å². The van der Waals surface area contributed by atoms with Crippen molar-refractivity contribution in [1.29, 1.82) is 5.26 Å². The minimum atomic E-state index is 0.00711. The molecule has 0 spiro atoms. The monoisotopic (exact) mass is 260 g/mol. The highest BCUT2D eigenvalue weighted by atomic mass is 79.9. The standard InChI is InChI=1S/C7H9BrN4S/c1-5(3-9)4-12(2)7-11-10-6(8)13-7/h5H,4H2,1-2H3. The second-order valence-corrected chi connectivity index (χ2v) is 4.98. The fraction of sp³-hybridized carbons (Fsp3) is 0.571. The predicted molar refractivity (Wildman–Crippen MR) is 55.7 cm³/mol. The topological polar surface area (TPSA) is 52.8 Å². The van der Waals surface area contributed by atoms with E-state index in [-0.39, 0.29) is 5.92 Å². The zero-order valence-corrected chi connectivity index (χ0v) is 9.76. The molecule has 1 unspecified atom stereocenters. The second kappa shape index (κ2) is 4.53. The first-order valence-electron chi connectivity index (χ1n) is 3.73. The van der Waals surface area contributed by atoms with Gasteiger partial charge in [-0.05, 0) is 22.9 Å². The maximum atomic E-state index is 8.62. The number of rotatable bonds is 3. The van der Waals surface area contributed by atoms with E-state index in [4.69, 9.17) is 5.26 Å². The maximum absolute atomic E-state index is 8.62. The summed E-state index contributed by atoms with van der Waals surface area (Å²) in [6.07, 6.45) is 0. The molecule has 6 heteroatoms. The Labute approximate surface area is 89.3 Å². The van der Waals surface area contributed by atoms with Gasteiger partial charge in [0.15, 0.2) is 3.92 Å². The summed E-state index contributed by atoms with van der Waals surface area (Å²) in [4.78, 5) is 1.93. The molecule has 4 nitrogen and oxygen atoms in total. The van der Waals surface area contributed by atoms with Gasteiger partial charge in [0, 0.05) is 13.6 Å². The van der Waals surface area contributed by atoms with Crippen LogP contribution in [-0.4, -0.2) is 23.8 Å². The highest BCUT2D eigenvalue weighted by Gasteiger charge is 2.10. The fourth-order valence-corrected chi connectivity index (χ4v) is 1.94. The summed E-state index contributed by atoms with van der Waals surface area (Å²) in [6, 6.07) is 2.18. The summed E-state index contributed by atoms with van der Waals surface area (Å²) in [5.74, 6) is 0.00711. The van der Waals surface area contributed by atoms with Gasteiger partial charge in [-0.25, -0.2) is 0 Å². The highest BCUT2D eigenvalue weighted by molar-refractivity contribution is 9.11. The molecule has 0 aliphatic rings. The molecule has 0 bridgehead atoms. The summed E-state index contributed by atoms with van der Waals surface area (Å²) < 4.78 is 0.763. The molecule has 0 aliphatic carbocycles. The Hall–Kier alpha value is -0.670. The van der Waals surface area contributed by atoms with Crippen LogP contribution in [0.5, 0.6) is 0 Å². The van der Waals surface area contributed by atoms with E-state index < -0.39 is 0 Å². The Morgan fingerprint density at radius 1 is 1.69 bits per heavy atom. The molecule has 1 aromatic heterocycles. The minimum absolute atomic E-state index is 0.00711. The molecule has 0 aromatic carbocycles. The van der Waals surface area contributed by atoms with Crippen LogP contribution in [0.2, 0.25) is 0 Å². The van der Waals surface area contributed by atoms with Crippen LogP contribution in [0.4, 0.5) is 5.13 Å². The molecule has 0 N–H and O–H groups in total. The Morgan fingerprint density at radius 2 is 2.38 bits per heavy atom. The molecule has 1 aromatic rings. The average molecular weight is 261 g/mol. The largest absolute Gasteiger partial charge is 0.348 e. The summed E-state index contributed by atoms with van der Waals surface area (Å²) in [6.45, 7) is 2.56. The van der Waals surface area contributed by atoms with Crippen molar-refractivity contribution in [3.05, 3.63) is 3.92 Å². The summed E-state index contributed by atoms with van der Waals surface area (Å²) >= 11 is 4.70. The number of aromatic nitrogens is 2. The number of nitriles is 1. The number of anilines is 1. The molecular formula is C7H9BrN4S. The number of hydrogen-bond donors (Lipinski definition) is 0. The van der Waals surface area contributed by atoms with E-state index in [0.717, 1.165) is 9.05 Å². The van der Waals surface area contributed by atoms with Gasteiger partial charge in [-0.2, -0.15) is 5.26 Å². The average Bonchev–Trinajstić information content (AvgIpc) is 2.51. The second-order valence-electron chi connectivity index (χ2n) is 2.75. The van der Waals surface area contributed by atoms with Gasteiger partial charge in [-0.1, -0.05) is 11.3 Å². The number of hydrogen-bond acceptors (Lipinski definition) is 5. The van der Waals surface area contributed by atoms with Crippen LogP contribution in [0, 0.1) is 17.2 Å². The molecule has 0 amide bonds. The van der Waals surface area contributed by atoms with Gasteiger partial charge in [0.05, 0.1) is 12.0 Å². The third kappa shape index (κ3) is 2.94. The van der Waals surface area contributed by atoms with Gasteiger partial charge in [0.2, 0.25) is 5.13 Å². The van der Waals surface area contributed by atoms with Crippen LogP contribution < -0.4 is 4.90 Å². The van der Waals surface area contributed by atoms with Crippen molar-refractivity contribution in [2.75, 3.05) is 18.5 Å². The predicted octanol–water partition coefficient (Wildman–Crippen LogP) is 1.90. The lowest BCUT2D eigenvalue weighted by atomic mass is 10.2. The molecule has 1 heterocycles. The summed E-state index contributed by atoms with van der Waals surface area (Å²) in [5.41, 5.74) is 0. The van der Waals surface area contributed by atoms with E-state index in [9.17, 15) is 0 Å². The van der Waals surface area contributed by atoms with Gasteiger partial charge in [0.25, 0.3) is 0 Å². The maximum Gasteiger partial charge on any atom is 0.208 e. The lowest BCUT2D eigenvalue weighted by Gasteiger charge is -2.15. The van der Waals surface area contributed by atoms with Crippen LogP contribution in [0.15, 0.2) is 3.92 Å². The molecule has 0 radical (unpaired) electrons. The first-order chi connectivity index (χ1) is 6.13. The normalized spacial score (nSPS) is 12.2. The first-order valence-corrected chi connectivity index (χ1v) is 5.34. The van der Waals surface area contributed by atoms with Gasteiger partial charge in [0.1, 0.15) is 0 Å². The van der Waals surface area contributed by atoms with E-state index >= 15 is 0 Å². The Bertz CT molecular complexity index is 319. The summed E-state index contributed by atoms with van der Waals surface area (Å²) in [7, 11) is 1.90. The van der Waals surface area contributed by atoms with Crippen molar-refractivity contribution in [2.45, 2.75) is 6.92 Å². The van der Waals surface area contributed by atoms with Crippen molar-refractivity contribution < 1.29 is 0 Å². The van der Waals surface area contributed by atoms with Crippen LogP contribution in [0.25, 0.3) is 0 Å². The van der Waals surface area contributed by atoms with Crippen molar-refractivity contribution in [3.63, 3.8) is 0 Å². The molecule has 1 atom stereocenters. The Balaban J connectivity index is 2.59. The van der Waals surface area contributed by atoms with E-state index in [1.54, 1.807) is 0 Å². The lowest BCUT2D eigenvalue weighted by Crippen LogP contribution is -2.22. The van der Waals surface area contributed by atoms with Crippen LogP contribution in [-0.2, 0) is 0 Å². The van der Waals surface area contributed by atoms with Crippen molar-refractivity contribution in [1.82, 2.24) is 10.2 Å².